The number of fused-ring (bicyclic) bond motifs is 1. The molecule has 0 aliphatic carbocycles. The second-order valence-corrected chi connectivity index (χ2v) is 6.65. The summed E-state index contributed by atoms with van der Waals surface area (Å²) in [5, 5.41) is 0. The molecule has 24 heavy (non-hydrogen) atoms. The molecule has 0 radical (unpaired) electrons. The molecule has 0 spiro atoms. The standard InChI is InChI=1S/C15H11F3N2O2S2/c1-2-23-12-4-3-7-19-13(12)14-20-10-6-5-9(8-11(10)21-14)22-24-15(16,17)18/h3-8H,2H2,1H3. The molecule has 0 saturated carbocycles. The van der Waals surface area contributed by atoms with Crippen molar-refractivity contribution in [2.75, 3.05) is 5.75 Å². The van der Waals surface area contributed by atoms with Gasteiger partial charge in [0.2, 0.25) is 5.89 Å². The van der Waals surface area contributed by atoms with E-state index in [1.165, 1.54) is 12.1 Å². The zero-order valence-electron chi connectivity index (χ0n) is 12.3. The first kappa shape index (κ1) is 17.0. The van der Waals surface area contributed by atoms with Crippen molar-refractivity contribution in [2.45, 2.75) is 17.3 Å². The largest absolute Gasteiger partial charge is 0.479 e. The van der Waals surface area contributed by atoms with Gasteiger partial charge in [-0.3, -0.25) is 0 Å². The summed E-state index contributed by atoms with van der Waals surface area (Å²) in [6, 6.07) is 8.07. The Bertz CT molecular complexity index is 852. The van der Waals surface area contributed by atoms with Gasteiger partial charge in [0.05, 0.1) is 0 Å². The molecule has 0 unspecified atom stereocenters. The van der Waals surface area contributed by atoms with E-state index in [0.717, 1.165) is 10.6 Å². The number of oxazole rings is 1. The number of halogens is 3. The maximum Gasteiger partial charge on any atom is 0.479 e. The lowest BCUT2D eigenvalue weighted by Gasteiger charge is -2.05. The lowest BCUT2D eigenvalue weighted by Crippen LogP contribution is -2.02. The van der Waals surface area contributed by atoms with Crippen LogP contribution in [0.3, 0.4) is 0 Å². The Kier molecular flexibility index (Phi) is 4.91. The highest BCUT2D eigenvalue weighted by Gasteiger charge is 2.31. The van der Waals surface area contributed by atoms with Crippen LogP contribution in [0.2, 0.25) is 0 Å². The molecule has 0 aliphatic rings. The van der Waals surface area contributed by atoms with E-state index in [2.05, 4.69) is 14.2 Å². The van der Waals surface area contributed by atoms with E-state index in [0.29, 0.717) is 22.7 Å². The normalized spacial score (nSPS) is 11.8. The van der Waals surface area contributed by atoms with Gasteiger partial charge in [-0.2, -0.15) is 13.2 Å². The van der Waals surface area contributed by atoms with Crippen molar-refractivity contribution in [3.8, 4) is 17.3 Å². The molecule has 2 heterocycles. The minimum absolute atomic E-state index is 0.0386. The van der Waals surface area contributed by atoms with Gasteiger partial charge in [0.1, 0.15) is 17.0 Å². The maximum atomic E-state index is 12.2. The Labute approximate surface area is 144 Å². The van der Waals surface area contributed by atoms with E-state index in [1.807, 2.05) is 19.1 Å². The molecular weight excluding hydrogens is 361 g/mol. The number of pyridine rings is 1. The molecule has 0 aliphatic heterocycles. The first-order chi connectivity index (χ1) is 11.5. The fraction of sp³-hybridized carbons (Fsp3) is 0.200. The first-order valence-corrected chi connectivity index (χ1v) is 8.60. The van der Waals surface area contributed by atoms with Crippen LogP contribution < -0.4 is 4.18 Å². The summed E-state index contributed by atoms with van der Waals surface area (Å²) in [6.07, 6.45) is 1.64. The molecule has 0 atom stereocenters. The summed E-state index contributed by atoms with van der Waals surface area (Å²) in [7, 11) is 0. The zero-order chi connectivity index (χ0) is 17.2. The third-order valence-electron chi connectivity index (χ3n) is 2.87. The second kappa shape index (κ2) is 6.94. The van der Waals surface area contributed by atoms with Crippen LogP contribution in [0.15, 0.2) is 45.8 Å². The summed E-state index contributed by atoms with van der Waals surface area (Å²) in [5.41, 5.74) is -3.01. The van der Waals surface area contributed by atoms with Gasteiger partial charge in [-0.15, -0.1) is 11.8 Å². The Morgan fingerprint density at radius 3 is 2.83 bits per heavy atom. The van der Waals surface area contributed by atoms with E-state index in [9.17, 15) is 13.2 Å². The third-order valence-corrected chi connectivity index (χ3v) is 4.26. The molecule has 3 aromatic rings. The topological polar surface area (TPSA) is 48.2 Å². The summed E-state index contributed by atoms with van der Waals surface area (Å²) >= 11 is 1.03. The predicted molar refractivity (Wildman–Crippen MR) is 87.9 cm³/mol. The predicted octanol–water partition coefficient (Wildman–Crippen LogP) is 5.55. The van der Waals surface area contributed by atoms with Crippen molar-refractivity contribution in [3.63, 3.8) is 0 Å². The summed E-state index contributed by atoms with van der Waals surface area (Å²) in [6.45, 7) is 2.02. The molecule has 0 N–H and O–H groups in total. The Hall–Kier alpha value is -1.87. The van der Waals surface area contributed by atoms with Crippen LogP contribution in [0.4, 0.5) is 13.2 Å². The van der Waals surface area contributed by atoms with Crippen LogP contribution in [-0.4, -0.2) is 21.2 Å². The van der Waals surface area contributed by atoms with Crippen LogP contribution in [-0.2, 0) is 0 Å². The SMILES string of the molecule is CCSc1cccnc1-c1nc2ccc(OSC(F)(F)F)cc2o1. The van der Waals surface area contributed by atoms with Gasteiger partial charge in [-0.25, -0.2) is 9.97 Å². The zero-order valence-corrected chi connectivity index (χ0v) is 14.0. The Balaban J connectivity index is 1.92. The number of alkyl halides is 3. The lowest BCUT2D eigenvalue weighted by atomic mass is 10.3. The van der Waals surface area contributed by atoms with Crippen LogP contribution in [0, 0.1) is 0 Å². The number of hydrogen-bond acceptors (Lipinski definition) is 6. The molecule has 9 heteroatoms. The van der Waals surface area contributed by atoms with Gasteiger partial charge in [0.15, 0.2) is 17.6 Å². The number of benzene rings is 1. The van der Waals surface area contributed by atoms with E-state index < -0.39 is 17.6 Å². The minimum Gasteiger partial charge on any atom is -0.435 e. The smallest absolute Gasteiger partial charge is 0.435 e. The van der Waals surface area contributed by atoms with Crippen molar-refractivity contribution < 1.29 is 21.8 Å². The monoisotopic (exact) mass is 372 g/mol. The molecular formula is C15H11F3N2O2S2. The fourth-order valence-electron chi connectivity index (χ4n) is 1.98. The number of nitrogens with zero attached hydrogens (tertiary/aromatic N) is 2. The molecule has 0 fully saturated rings. The number of rotatable bonds is 5. The highest BCUT2D eigenvalue weighted by molar-refractivity contribution is 7.99. The molecule has 0 saturated heterocycles. The molecule has 2 aromatic heterocycles. The van der Waals surface area contributed by atoms with Gasteiger partial charge in [-0.1, -0.05) is 6.92 Å². The van der Waals surface area contributed by atoms with E-state index in [-0.39, 0.29) is 5.75 Å². The van der Waals surface area contributed by atoms with Gasteiger partial charge < -0.3 is 8.60 Å². The van der Waals surface area contributed by atoms with Crippen molar-refractivity contribution >= 4 is 34.9 Å². The Morgan fingerprint density at radius 1 is 1.25 bits per heavy atom. The average molecular weight is 372 g/mol. The second-order valence-electron chi connectivity index (χ2n) is 4.54. The summed E-state index contributed by atoms with van der Waals surface area (Å²) < 4.78 is 46.9. The van der Waals surface area contributed by atoms with Crippen LogP contribution >= 0.6 is 23.8 Å². The Morgan fingerprint density at radius 2 is 2.08 bits per heavy atom. The van der Waals surface area contributed by atoms with Crippen molar-refractivity contribution in [1.82, 2.24) is 9.97 Å². The number of aromatic nitrogens is 2. The third kappa shape index (κ3) is 3.96. The molecule has 3 rings (SSSR count). The number of thioether (sulfide) groups is 1. The van der Waals surface area contributed by atoms with Gasteiger partial charge in [0.25, 0.3) is 0 Å². The average Bonchev–Trinajstić information content (AvgIpc) is 2.96. The molecule has 4 nitrogen and oxygen atoms in total. The molecule has 1 aromatic carbocycles. The van der Waals surface area contributed by atoms with E-state index in [1.54, 1.807) is 24.0 Å². The number of hydrogen-bond donors (Lipinski definition) is 0. The fourth-order valence-corrected chi connectivity index (χ4v) is 3.03. The first-order valence-electron chi connectivity index (χ1n) is 6.87. The van der Waals surface area contributed by atoms with Gasteiger partial charge in [-0.05, 0) is 30.0 Å². The highest BCUT2D eigenvalue weighted by atomic mass is 32.2. The lowest BCUT2D eigenvalue weighted by molar-refractivity contribution is -0.0369. The maximum absolute atomic E-state index is 12.2. The minimum atomic E-state index is -4.47. The van der Waals surface area contributed by atoms with Crippen LogP contribution in [0.1, 0.15) is 6.92 Å². The van der Waals surface area contributed by atoms with Crippen LogP contribution in [0.5, 0.6) is 5.75 Å². The summed E-state index contributed by atoms with van der Waals surface area (Å²) in [5.74, 6) is 1.23. The van der Waals surface area contributed by atoms with Crippen molar-refractivity contribution in [1.29, 1.82) is 0 Å². The summed E-state index contributed by atoms with van der Waals surface area (Å²) in [4.78, 5) is 9.57. The molecule has 0 amide bonds. The van der Waals surface area contributed by atoms with Gasteiger partial charge >= 0.3 is 5.51 Å². The van der Waals surface area contributed by atoms with Crippen molar-refractivity contribution in [2.24, 2.45) is 0 Å². The highest BCUT2D eigenvalue weighted by Crippen LogP contribution is 2.35. The van der Waals surface area contributed by atoms with Gasteiger partial charge in [0, 0.05) is 17.2 Å². The molecule has 0 bridgehead atoms. The van der Waals surface area contributed by atoms with E-state index in [4.69, 9.17) is 4.42 Å². The molecule has 126 valence electrons. The quantitative estimate of drug-likeness (QED) is 0.432. The van der Waals surface area contributed by atoms with E-state index >= 15 is 0 Å². The van der Waals surface area contributed by atoms with Crippen LogP contribution in [0.25, 0.3) is 22.7 Å². The van der Waals surface area contributed by atoms with Crippen molar-refractivity contribution in [3.05, 3.63) is 36.5 Å².